The summed E-state index contributed by atoms with van der Waals surface area (Å²) in [5.74, 6) is -2.99. The van der Waals surface area contributed by atoms with Crippen LogP contribution in [0, 0.1) is 39.8 Å². The number of hydrogen-bond acceptors (Lipinski definition) is 5. The van der Waals surface area contributed by atoms with Crippen molar-refractivity contribution in [2.24, 2.45) is 22.7 Å². The molecule has 7 rings (SSSR count). The summed E-state index contributed by atoms with van der Waals surface area (Å²) in [6.45, 7) is 7.24. The lowest BCUT2D eigenvalue weighted by Crippen LogP contribution is -2.63. The number of amides is 2. The predicted octanol–water partition coefficient (Wildman–Crippen LogP) is 6.40. The van der Waals surface area contributed by atoms with Gasteiger partial charge < -0.3 is 14.5 Å². The fourth-order valence-corrected chi connectivity index (χ4v) is 8.15. The van der Waals surface area contributed by atoms with Gasteiger partial charge in [0.1, 0.15) is 5.82 Å². The van der Waals surface area contributed by atoms with Gasteiger partial charge in [0.05, 0.1) is 43.2 Å². The minimum Gasteiger partial charge on any atom is -0.376 e. The van der Waals surface area contributed by atoms with E-state index >= 15 is 0 Å². The number of carbonyl (C=O) groups excluding carboxylic acids is 2. The zero-order valence-electron chi connectivity index (χ0n) is 28.0. The van der Waals surface area contributed by atoms with E-state index in [0.29, 0.717) is 63.3 Å². The highest BCUT2D eigenvalue weighted by Gasteiger charge is 2.60. The van der Waals surface area contributed by atoms with E-state index in [1.54, 1.807) is 29.2 Å². The SMILES string of the molecule is CC1(C)C[C@@H]1C(=O)N1CC2(CN(C(=O)c3cnn(Cc4ccc(F)cc4)c3)C[C@H]2COCc2cccc(C3CCC(F)(F)CC3)c2C#N)C1. The van der Waals surface area contributed by atoms with Gasteiger partial charge in [-0.25, -0.2) is 13.2 Å². The number of alkyl halides is 2. The number of nitriles is 1. The molecule has 0 bridgehead atoms. The first-order valence-electron chi connectivity index (χ1n) is 17.2. The van der Waals surface area contributed by atoms with Gasteiger partial charge in [0.25, 0.3) is 5.91 Å². The Balaban J connectivity index is 1.03. The number of rotatable bonds is 9. The number of ether oxygens (including phenoxy) is 1. The quantitative estimate of drug-likeness (QED) is 0.262. The number of aromatic nitrogens is 2. The smallest absolute Gasteiger partial charge is 0.257 e. The van der Waals surface area contributed by atoms with Gasteiger partial charge in [-0.2, -0.15) is 10.4 Å². The Morgan fingerprint density at radius 1 is 1.04 bits per heavy atom. The molecule has 49 heavy (non-hydrogen) atoms. The highest BCUT2D eigenvalue weighted by molar-refractivity contribution is 5.94. The average Bonchev–Trinajstić information content (AvgIpc) is 3.35. The van der Waals surface area contributed by atoms with Gasteiger partial charge in [-0.15, -0.1) is 0 Å². The molecule has 0 unspecified atom stereocenters. The van der Waals surface area contributed by atoms with E-state index in [4.69, 9.17) is 4.74 Å². The van der Waals surface area contributed by atoms with Crippen molar-refractivity contribution in [1.82, 2.24) is 19.6 Å². The highest BCUT2D eigenvalue weighted by atomic mass is 19.3. The maximum absolute atomic E-state index is 13.8. The number of likely N-dealkylation sites (tertiary alicyclic amines) is 2. The summed E-state index contributed by atoms with van der Waals surface area (Å²) in [5.41, 5.74) is 3.09. The fraction of sp³-hybridized carbons (Fsp3) is 0.526. The predicted molar refractivity (Wildman–Crippen MR) is 175 cm³/mol. The molecule has 258 valence electrons. The Bertz CT molecular complexity index is 1770. The Labute approximate surface area is 284 Å². The number of benzene rings is 2. The summed E-state index contributed by atoms with van der Waals surface area (Å²) in [4.78, 5) is 30.8. The molecule has 2 saturated heterocycles. The summed E-state index contributed by atoms with van der Waals surface area (Å²) >= 11 is 0. The van der Waals surface area contributed by atoms with E-state index in [-0.39, 0.29) is 65.7 Å². The van der Waals surface area contributed by atoms with Crippen molar-refractivity contribution >= 4 is 11.8 Å². The first-order chi connectivity index (χ1) is 23.4. The second-order valence-electron chi connectivity index (χ2n) is 15.4. The molecule has 2 atom stereocenters. The molecule has 11 heteroatoms. The normalized spacial score (nSPS) is 23.7. The van der Waals surface area contributed by atoms with E-state index in [0.717, 1.165) is 23.1 Å². The third kappa shape index (κ3) is 6.72. The van der Waals surface area contributed by atoms with Crippen molar-refractivity contribution in [3.05, 3.63) is 88.5 Å². The molecule has 2 aromatic carbocycles. The maximum Gasteiger partial charge on any atom is 0.257 e. The fourth-order valence-electron chi connectivity index (χ4n) is 8.15. The van der Waals surface area contributed by atoms with Crippen LogP contribution in [0.3, 0.4) is 0 Å². The van der Waals surface area contributed by atoms with Crippen LogP contribution in [-0.2, 0) is 22.7 Å². The molecule has 1 aromatic heterocycles. The van der Waals surface area contributed by atoms with Gasteiger partial charge in [-0.05, 0) is 59.4 Å². The van der Waals surface area contributed by atoms with Crippen LogP contribution < -0.4 is 0 Å². The van der Waals surface area contributed by atoms with Crippen molar-refractivity contribution in [2.75, 3.05) is 32.8 Å². The third-order valence-corrected chi connectivity index (χ3v) is 11.4. The highest BCUT2D eigenvalue weighted by Crippen LogP contribution is 2.54. The lowest BCUT2D eigenvalue weighted by Gasteiger charge is -2.51. The molecule has 3 heterocycles. The molecule has 2 amide bonds. The monoisotopic (exact) mass is 673 g/mol. The molecule has 3 aromatic rings. The Kier molecular flexibility index (Phi) is 8.58. The summed E-state index contributed by atoms with van der Waals surface area (Å²) in [7, 11) is 0. The van der Waals surface area contributed by atoms with Crippen LogP contribution in [0.5, 0.6) is 0 Å². The second-order valence-corrected chi connectivity index (χ2v) is 15.4. The number of carbonyl (C=O) groups is 2. The molecule has 1 spiro atoms. The van der Waals surface area contributed by atoms with Gasteiger partial charge in [0, 0.05) is 62.5 Å². The minimum absolute atomic E-state index is 0.0274. The van der Waals surface area contributed by atoms with Gasteiger partial charge in [-0.3, -0.25) is 14.3 Å². The molecule has 8 nitrogen and oxygen atoms in total. The first kappa shape index (κ1) is 33.3. The lowest BCUT2D eigenvalue weighted by molar-refractivity contribution is -0.148. The van der Waals surface area contributed by atoms with Crippen LogP contribution in [-0.4, -0.2) is 70.1 Å². The van der Waals surface area contributed by atoms with Gasteiger partial charge >= 0.3 is 0 Å². The van der Waals surface area contributed by atoms with Crippen LogP contribution in [0.4, 0.5) is 13.2 Å². The lowest BCUT2D eigenvalue weighted by atomic mass is 9.71. The van der Waals surface area contributed by atoms with Crippen molar-refractivity contribution in [3.63, 3.8) is 0 Å². The number of hydrogen-bond donors (Lipinski definition) is 0. The van der Waals surface area contributed by atoms with Crippen molar-refractivity contribution < 1.29 is 27.5 Å². The molecular weight excluding hydrogens is 631 g/mol. The topological polar surface area (TPSA) is 91.5 Å². The molecule has 0 radical (unpaired) electrons. The molecule has 4 aliphatic rings. The Morgan fingerprint density at radius 2 is 1.73 bits per heavy atom. The van der Waals surface area contributed by atoms with E-state index in [1.165, 1.54) is 12.1 Å². The van der Waals surface area contributed by atoms with Crippen molar-refractivity contribution in [1.29, 1.82) is 5.26 Å². The summed E-state index contributed by atoms with van der Waals surface area (Å²) in [6.07, 6.45) is 4.50. The van der Waals surface area contributed by atoms with Gasteiger partial charge in [-0.1, -0.05) is 44.2 Å². The van der Waals surface area contributed by atoms with Crippen LogP contribution in [0.15, 0.2) is 54.9 Å². The van der Waals surface area contributed by atoms with E-state index in [2.05, 4.69) is 25.0 Å². The maximum atomic E-state index is 13.8. The molecular formula is C38H42F3N5O3. The number of halogens is 3. The van der Waals surface area contributed by atoms with Crippen molar-refractivity contribution in [3.8, 4) is 6.07 Å². The largest absolute Gasteiger partial charge is 0.376 e. The van der Waals surface area contributed by atoms with E-state index < -0.39 is 5.92 Å². The zero-order valence-corrected chi connectivity index (χ0v) is 28.0. The molecule has 0 N–H and O–H groups in total. The van der Waals surface area contributed by atoms with Crippen LogP contribution in [0.25, 0.3) is 0 Å². The van der Waals surface area contributed by atoms with E-state index in [9.17, 15) is 28.0 Å². The summed E-state index contributed by atoms with van der Waals surface area (Å²) in [5, 5.41) is 14.5. The molecule has 2 aliphatic carbocycles. The van der Waals surface area contributed by atoms with Gasteiger partial charge in [0.15, 0.2) is 0 Å². The first-order valence-corrected chi connectivity index (χ1v) is 17.2. The summed E-state index contributed by atoms with van der Waals surface area (Å²) in [6, 6.07) is 14.1. The van der Waals surface area contributed by atoms with Gasteiger partial charge in [0.2, 0.25) is 11.8 Å². The third-order valence-electron chi connectivity index (χ3n) is 11.4. The molecule has 4 fully saturated rings. The van der Waals surface area contributed by atoms with Crippen LogP contribution >= 0.6 is 0 Å². The second kappa shape index (κ2) is 12.6. The van der Waals surface area contributed by atoms with E-state index in [1.807, 2.05) is 28.0 Å². The average molecular weight is 674 g/mol. The van der Waals surface area contributed by atoms with Crippen molar-refractivity contribution in [2.45, 2.75) is 70.9 Å². The molecule has 2 saturated carbocycles. The summed E-state index contributed by atoms with van der Waals surface area (Å²) < 4.78 is 49.0. The molecule has 2 aliphatic heterocycles. The minimum atomic E-state index is -2.64. The number of nitrogens with zero attached hydrogens (tertiary/aromatic N) is 5. The Morgan fingerprint density at radius 3 is 2.41 bits per heavy atom. The Hall–Kier alpha value is -4.17. The zero-order chi connectivity index (χ0) is 34.6. The van der Waals surface area contributed by atoms with Crippen LogP contribution in [0.2, 0.25) is 0 Å². The van der Waals surface area contributed by atoms with Crippen LogP contribution in [0.1, 0.15) is 84.5 Å². The standard InChI is InChI=1S/C38H42F3N5O3/c1-36(2)14-33(36)35(48)45-23-37(24-45)22-44(34(47)28-16-43-46(18-28)17-25-6-8-30(39)9-7-25)19-29(37)21-49-20-27-4-3-5-31(32(27)15-42)26-10-12-38(40,41)13-11-26/h3-9,16,18,26,29,33H,10-14,17,19-24H2,1-2H3/t29-,33+/m0/s1.